The number of aliphatic imine (C=N–C) groups is 1. The van der Waals surface area contributed by atoms with E-state index in [0.29, 0.717) is 16.8 Å². The van der Waals surface area contributed by atoms with E-state index in [-0.39, 0.29) is 0 Å². The molecule has 0 N–H and O–H groups in total. The molecule has 0 saturated heterocycles. The SMILES string of the molecule is CCCC(C)=Nc1c(C)cc(C#N)cc1F. The topological polar surface area (TPSA) is 36.1 Å². The lowest BCUT2D eigenvalue weighted by Gasteiger charge is -2.04. The summed E-state index contributed by atoms with van der Waals surface area (Å²) >= 11 is 0. The van der Waals surface area contributed by atoms with E-state index in [1.165, 1.54) is 6.07 Å². The Labute approximate surface area is 95.4 Å². The fourth-order valence-electron chi connectivity index (χ4n) is 1.55. The van der Waals surface area contributed by atoms with Crippen molar-refractivity contribution in [1.82, 2.24) is 0 Å². The van der Waals surface area contributed by atoms with Gasteiger partial charge < -0.3 is 0 Å². The highest BCUT2D eigenvalue weighted by atomic mass is 19.1. The lowest BCUT2D eigenvalue weighted by atomic mass is 10.1. The predicted molar refractivity (Wildman–Crippen MR) is 63.5 cm³/mol. The van der Waals surface area contributed by atoms with Crippen molar-refractivity contribution in [3.8, 4) is 6.07 Å². The van der Waals surface area contributed by atoms with Gasteiger partial charge in [-0.05, 0) is 38.0 Å². The lowest BCUT2D eigenvalue weighted by Crippen LogP contribution is -1.92. The van der Waals surface area contributed by atoms with Crippen molar-refractivity contribution in [2.24, 2.45) is 4.99 Å². The van der Waals surface area contributed by atoms with Crippen molar-refractivity contribution in [2.45, 2.75) is 33.6 Å². The molecule has 0 aliphatic rings. The number of aryl methyl sites for hydroxylation is 1. The van der Waals surface area contributed by atoms with Gasteiger partial charge in [0.25, 0.3) is 0 Å². The zero-order valence-electron chi connectivity index (χ0n) is 9.84. The van der Waals surface area contributed by atoms with Crippen LogP contribution in [0.1, 0.15) is 37.8 Å². The minimum atomic E-state index is -0.424. The molecule has 1 aromatic carbocycles. The van der Waals surface area contributed by atoms with Crippen molar-refractivity contribution in [3.05, 3.63) is 29.1 Å². The van der Waals surface area contributed by atoms with Crippen LogP contribution in [0.25, 0.3) is 0 Å². The molecule has 1 rings (SSSR count). The van der Waals surface area contributed by atoms with Crippen LogP contribution in [-0.2, 0) is 0 Å². The van der Waals surface area contributed by atoms with Crippen LogP contribution in [0.3, 0.4) is 0 Å². The van der Waals surface area contributed by atoms with Gasteiger partial charge in [-0.2, -0.15) is 5.26 Å². The zero-order valence-corrected chi connectivity index (χ0v) is 9.84. The summed E-state index contributed by atoms with van der Waals surface area (Å²) < 4.78 is 13.6. The fraction of sp³-hybridized carbons (Fsp3) is 0.385. The number of rotatable bonds is 3. The summed E-state index contributed by atoms with van der Waals surface area (Å²) in [6.07, 6.45) is 1.85. The number of hydrogen-bond acceptors (Lipinski definition) is 2. The molecule has 0 unspecified atom stereocenters. The van der Waals surface area contributed by atoms with E-state index in [1.54, 1.807) is 13.0 Å². The second-order valence-electron chi connectivity index (χ2n) is 3.83. The first-order valence-electron chi connectivity index (χ1n) is 5.33. The predicted octanol–water partition coefficient (Wildman–Crippen LogP) is 3.90. The Hall–Kier alpha value is -1.69. The van der Waals surface area contributed by atoms with E-state index in [2.05, 4.69) is 11.9 Å². The highest BCUT2D eigenvalue weighted by Gasteiger charge is 2.07. The maximum atomic E-state index is 13.6. The second-order valence-corrected chi connectivity index (χ2v) is 3.83. The Kier molecular flexibility index (Phi) is 4.19. The quantitative estimate of drug-likeness (QED) is 0.709. The third-order valence-electron chi connectivity index (χ3n) is 2.30. The molecule has 0 amide bonds. The van der Waals surface area contributed by atoms with E-state index >= 15 is 0 Å². The van der Waals surface area contributed by atoms with Gasteiger partial charge in [0.15, 0.2) is 0 Å². The monoisotopic (exact) mass is 218 g/mol. The summed E-state index contributed by atoms with van der Waals surface area (Å²) in [5.41, 5.74) is 2.30. The molecule has 0 aliphatic heterocycles. The smallest absolute Gasteiger partial charge is 0.150 e. The maximum Gasteiger partial charge on any atom is 0.150 e. The van der Waals surface area contributed by atoms with Crippen molar-refractivity contribution in [1.29, 1.82) is 5.26 Å². The molecule has 0 spiro atoms. The van der Waals surface area contributed by atoms with Crippen LogP contribution in [0.4, 0.5) is 10.1 Å². The van der Waals surface area contributed by atoms with Gasteiger partial charge in [-0.3, -0.25) is 4.99 Å². The van der Waals surface area contributed by atoms with Crippen LogP contribution in [0.5, 0.6) is 0 Å². The zero-order chi connectivity index (χ0) is 12.1. The molecule has 0 heterocycles. The number of nitriles is 1. The molecule has 0 atom stereocenters. The van der Waals surface area contributed by atoms with Gasteiger partial charge in [-0.15, -0.1) is 0 Å². The molecule has 0 fully saturated rings. The van der Waals surface area contributed by atoms with Gasteiger partial charge in [0.05, 0.1) is 11.6 Å². The summed E-state index contributed by atoms with van der Waals surface area (Å²) in [5, 5.41) is 8.69. The van der Waals surface area contributed by atoms with Gasteiger partial charge in [0, 0.05) is 5.71 Å². The molecule has 16 heavy (non-hydrogen) atoms. The number of halogens is 1. The van der Waals surface area contributed by atoms with Crippen molar-refractivity contribution in [3.63, 3.8) is 0 Å². The van der Waals surface area contributed by atoms with Crippen LogP contribution in [0, 0.1) is 24.1 Å². The molecule has 0 aliphatic carbocycles. The van der Waals surface area contributed by atoms with Crippen molar-refractivity contribution < 1.29 is 4.39 Å². The first-order chi connectivity index (χ1) is 7.58. The first-order valence-corrected chi connectivity index (χ1v) is 5.33. The average Bonchev–Trinajstić information content (AvgIpc) is 2.23. The van der Waals surface area contributed by atoms with Gasteiger partial charge in [0.2, 0.25) is 0 Å². The van der Waals surface area contributed by atoms with Crippen LogP contribution in [-0.4, -0.2) is 5.71 Å². The lowest BCUT2D eigenvalue weighted by molar-refractivity contribution is 0.628. The van der Waals surface area contributed by atoms with E-state index in [9.17, 15) is 4.39 Å². The Bertz CT molecular complexity index is 432. The summed E-state index contributed by atoms with van der Waals surface area (Å²) in [6, 6.07) is 4.81. The Morgan fingerprint density at radius 3 is 2.69 bits per heavy atom. The highest BCUT2D eigenvalue weighted by Crippen LogP contribution is 2.24. The molecule has 2 nitrogen and oxygen atoms in total. The van der Waals surface area contributed by atoms with E-state index < -0.39 is 5.82 Å². The number of benzene rings is 1. The number of nitrogens with zero attached hydrogens (tertiary/aromatic N) is 2. The van der Waals surface area contributed by atoms with E-state index in [4.69, 9.17) is 5.26 Å². The Balaban J connectivity index is 3.16. The highest BCUT2D eigenvalue weighted by molar-refractivity contribution is 5.85. The molecule has 0 bridgehead atoms. The Morgan fingerprint density at radius 2 is 2.19 bits per heavy atom. The number of hydrogen-bond donors (Lipinski definition) is 0. The minimum Gasteiger partial charge on any atom is -0.255 e. The molecule has 0 aromatic heterocycles. The van der Waals surface area contributed by atoms with E-state index in [0.717, 1.165) is 18.6 Å². The van der Waals surface area contributed by atoms with Crippen LogP contribution >= 0.6 is 0 Å². The maximum absolute atomic E-state index is 13.6. The summed E-state index contributed by atoms with van der Waals surface area (Å²) in [6.45, 7) is 5.71. The molecule has 1 aromatic rings. The normalized spacial score (nSPS) is 11.3. The Morgan fingerprint density at radius 1 is 1.50 bits per heavy atom. The largest absolute Gasteiger partial charge is 0.255 e. The molecule has 84 valence electrons. The van der Waals surface area contributed by atoms with Crippen molar-refractivity contribution in [2.75, 3.05) is 0 Å². The first kappa shape index (κ1) is 12.4. The summed E-state index contributed by atoms with van der Waals surface area (Å²) in [5.74, 6) is -0.424. The molecular weight excluding hydrogens is 203 g/mol. The van der Waals surface area contributed by atoms with Gasteiger partial charge in [-0.25, -0.2) is 4.39 Å². The standard InChI is InChI=1S/C13H15FN2/c1-4-5-10(3)16-13-9(2)6-11(8-15)7-12(13)14/h6-7H,4-5H2,1-3H3. The van der Waals surface area contributed by atoms with Gasteiger partial charge >= 0.3 is 0 Å². The van der Waals surface area contributed by atoms with Crippen LogP contribution < -0.4 is 0 Å². The van der Waals surface area contributed by atoms with Gasteiger partial charge in [-0.1, -0.05) is 13.3 Å². The molecular formula is C13H15FN2. The molecule has 3 heteroatoms. The van der Waals surface area contributed by atoms with Gasteiger partial charge in [0.1, 0.15) is 11.5 Å². The summed E-state index contributed by atoms with van der Waals surface area (Å²) in [7, 11) is 0. The van der Waals surface area contributed by atoms with Crippen LogP contribution in [0.2, 0.25) is 0 Å². The fourth-order valence-corrected chi connectivity index (χ4v) is 1.55. The van der Waals surface area contributed by atoms with Crippen LogP contribution in [0.15, 0.2) is 17.1 Å². The minimum absolute atomic E-state index is 0.335. The third-order valence-corrected chi connectivity index (χ3v) is 2.30. The average molecular weight is 218 g/mol. The van der Waals surface area contributed by atoms with Crippen molar-refractivity contribution >= 4 is 11.4 Å². The second kappa shape index (κ2) is 5.41. The molecule has 0 radical (unpaired) electrons. The molecule has 0 saturated carbocycles. The van der Waals surface area contributed by atoms with E-state index in [1.807, 2.05) is 13.0 Å². The third kappa shape index (κ3) is 2.90. The summed E-state index contributed by atoms with van der Waals surface area (Å²) in [4.78, 5) is 4.26.